The van der Waals surface area contributed by atoms with Crippen molar-refractivity contribution >= 4 is 29.9 Å². The smallest absolute Gasteiger partial charge is 0.387 e. The fourth-order valence-electron chi connectivity index (χ4n) is 2.91. The van der Waals surface area contributed by atoms with Crippen LogP contribution in [0.5, 0.6) is 17.2 Å². The van der Waals surface area contributed by atoms with E-state index in [0.29, 0.717) is 36.2 Å². The third kappa shape index (κ3) is 6.33. The first-order valence-corrected chi connectivity index (χ1v) is 8.98. The van der Waals surface area contributed by atoms with Gasteiger partial charge in [0.15, 0.2) is 17.5 Å². The van der Waals surface area contributed by atoms with E-state index >= 15 is 0 Å². The van der Waals surface area contributed by atoms with E-state index in [-0.39, 0.29) is 43.1 Å². The second kappa shape index (κ2) is 11.7. The zero-order valence-corrected chi connectivity index (χ0v) is 18.9. The molecule has 0 atom stereocenters. The normalized spacial score (nSPS) is 12.5. The summed E-state index contributed by atoms with van der Waals surface area (Å²) in [6.45, 7) is -1.65. The molecule has 0 aromatic heterocycles. The van der Waals surface area contributed by atoms with Gasteiger partial charge < -0.3 is 29.6 Å². The molecule has 0 radical (unpaired) electrons. The topological polar surface area (TPSA) is 73.3 Å². The number of fused-ring (bicyclic) bond motifs is 1. The molecule has 1 aliphatic heterocycles. The third-order valence-corrected chi connectivity index (χ3v) is 4.31. The Balaban J connectivity index is 0.00000320. The van der Waals surface area contributed by atoms with Crippen molar-refractivity contribution in [1.29, 1.82) is 0 Å². The summed E-state index contributed by atoms with van der Waals surface area (Å²) in [4.78, 5) is 4.18. The molecule has 0 spiro atoms. The molecule has 7 nitrogen and oxygen atoms in total. The number of benzene rings is 2. The minimum absolute atomic E-state index is 0. The Labute approximate surface area is 190 Å². The molecule has 3 rings (SSSR count). The number of nitrogens with one attached hydrogen (secondary N) is 2. The summed E-state index contributed by atoms with van der Waals surface area (Å²) in [5.41, 5.74) is 2.64. The molecule has 0 aliphatic carbocycles. The molecule has 1 heterocycles. The third-order valence-electron chi connectivity index (χ3n) is 4.31. The molecule has 0 bridgehead atoms. The lowest BCUT2D eigenvalue weighted by Gasteiger charge is -2.16. The van der Waals surface area contributed by atoms with Crippen molar-refractivity contribution in [1.82, 2.24) is 10.6 Å². The highest BCUT2D eigenvalue weighted by Crippen LogP contribution is 2.38. The Morgan fingerprint density at radius 1 is 1.07 bits per heavy atom. The maximum absolute atomic E-state index is 12.8. The molecule has 2 aromatic carbocycles. The summed E-state index contributed by atoms with van der Waals surface area (Å²) in [7, 11) is 3.28. The average molecular weight is 535 g/mol. The van der Waals surface area contributed by atoms with Crippen molar-refractivity contribution in [2.24, 2.45) is 4.99 Å². The fraction of sp³-hybridized carbons (Fsp3) is 0.350. The van der Waals surface area contributed by atoms with Gasteiger partial charge in [0.1, 0.15) is 5.75 Å². The van der Waals surface area contributed by atoms with Crippen LogP contribution in [0.4, 0.5) is 8.78 Å². The molecule has 0 amide bonds. The first kappa shape index (κ1) is 23.9. The number of hydrogen-bond acceptors (Lipinski definition) is 5. The van der Waals surface area contributed by atoms with Crippen LogP contribution in [0, 0.1) is 0 Å². The zero-order valence-electron chi connectivity index (χ0n) is 16.6. The van der Waals surface area contributed by atoms with Gasteiger partial charge in [-0.05, 0) is 17.2 Å². The predicted molar refractivity (Wildman–Crippen MR) is 119 cm³/mol. The Hall–Kier alpha value is -2.34. The zero-order chi connectivity index (χ0) is 20.6. The van der Waals surface area contributed by atoms with Crippen molar-refractivity contribution in [2.75, 3.05) is 21.0 Å². The summed E-state index contributed by atoms with van der Waals surface area (Å²) in [5, 5.41) is 6.30. The van der Waals surface area contributed by atoms with Crippen LogP contribution in [0.1, 0.15) is 16.7 Å². The van der Waals surface area contributed by atoms with E-state index < -0.39 is 6.61 Å². The van der Waals surface area contributed by atoms with Crippen LogP contribution >= 0.6 is 24.0 Å². The van der Waals surface area contributed by atoms with Crippen LogP contribution in [-0.2, 0) is 24.4 Å². The summed E-state index contributed by atoms with van der Waals surface area (Å²) in [6, 6.07) is 10.9. The highest BCUT2D eigenvalue weighted by atomic mass is 127. The second-order valence-corrected chi connectivity index (χ2v) is 6.17. The lowest BCUT2D eigenvalue weighted by Crippen LogP contribution is -2.36. The van der Waals surface area contributed by atoms with Gasteiger partial charge >= 0.3 is 6.61 Å². The molecule has 0 saturated heterocycles. The molecule has 1 aliphatic rings. The van der Waals surface area contributed by atoms with Gasteiger partial charge in [-0.3, -0.25) is 4.99 Å². The molecular formula is C20H24F2IN3O4. The van der Waals surface area contributed by atoms with Crippen LogP contribution in [0.3, 0.4) is 0 Å². The Morgan fingerprint density at radius 3 is 2.33 bits per heavy atom. The highest BCUT2D eigenvalue weighted by Gasteiger charge is 2.20. The molecular weight excluding hydrogens is 511 g/mol. The summed E-state index contributed by atoms with van der Waals surface area (Å²) in [6.07, 6.45) is 0. The number of guanidine groups is 1. The van der Waals surface area contributed by atoms with E-state index in [0.717, 1.165) is 11.1 Å². The van der Waals surface area contributed by atoms with Crippen LogP contribution < -0.4 is 24.8 Å². The summed E-state index contributed by atoms with van der Waals surface area (Å²) in [5.74, 6) is 1.40. The number of alkyl halides is 2. The van der Waals surface area contributed by atoms with E-state index in [4.69, 9.17) is 14.2 Å². The molecule has 30 heavy (non-hydrogen) atoms. The van der Waals surface area contributed by atoms with Gasteiger partial charge in [0, 0.05) is 38.9 Å². The number of methoxy groups -OCH3 is 1. The van der Waals surface area contributed by atoms with Crippen LogP contribution in [-0.4, -0.2) is 33.5 Å². The number of nitrogens with zero attached hydrogens (tertiary/aromatic N) is 1. The molecule has 2 aromatic rings. The van der Waals surface area contributed by atoms with E-state index in [1.807, 2.05) is 24.3 Å². The molecule has 2 N–H and O–H groups in total. The number of halogens is 3. The van der Waals surface area contributed by atoms with Crippen LogP contribution in [0.15, 0.2) is 41.4 Å². The fourth-order valence-corrected chi connectivity index (χ4v) is 2.91. The summed E-state index contributed by atoms with van der Waals surface area (Å²) >= 11 is 0. The Kier molecular flexibility index (Phi) is 9.37. The minimum atomic E-state index is -2.94. The van der Waals surface area contributed by atoms with E-state index in [1.165, 1.54) is 6.07 Å². The summed E-state index contributed by atoms with van der Waals surface area (Å²) < 4.78 is 45.9. The first-order chi connectivity index (χ1) is 14.1. The van der Waals surface area contributed by atoms with Gasteiger partial charge in [-0.15, -0.1) is 24.0 Å². The SMILES string of the molecule is CN=C(NCc1ccccc1COC)NCc1cc2c(cc1OC(F)F)OCO2.I. The van der Waals surface area contributed by atoms with Crippen molar-refractivity contribution in [3.63, 3.8) is 0 Å². The first-order valence-electron chi connectivity index (χ1n) is 8.98. The molecule has 10 heteroatoms. The number of hydrogen-bond donors (Lipinski definition) is 2. The number of rotatable bonds is 8. The predicted octanol–water partition coefficient (Wildman–Crippen LogP) is 3.65. The maximum Gasteiger partial charge on any atom is 0.387 e. The van der Waals surface area contributed by atoms with Gasteiger partial charge in [0.05, 0.1) is 6.61 Å². The van der Waals surface area contributed by atoms with Crippen molar-refractivity contribution < 1.29 is 27.7 Å². The van der Waals surface area contributed by atoms with E-state index in [2.05, 4.69) is 20.4 Å². The van der Waals surface area contributed by atoms with Gasteiger partial charge in [0.2, 0.25) is 6.79 Å². The average Bonchev–Trinajstić information content (AvgIpc) is 3.16. The van der Waals surface area contributed by atoms with Crippen LogP contribution in [0.25, 0.3) is 0 Å². The number of aliphatic imine (C=N–C) groups is 1. The van der Waals surface area contributed by atoms with Crippen molar-refractivity contribution in [3.8, 4) is 17.2 Å². The maximum atomic E-state index is 12.8. The van der Waals surface area contributed by atoms with Gasteiger partial charge in [0.25, 0.3) is 0 Å². The Morgan fingerprint density at radius 2 is 1.70 bits per heavy atom. The second-order valence-electron chi connectivity index (χ2n) is 6.17. The van der Waals surface area contributed by atoms with E-state index in [9.17, 15) is 8.78 Å². The quantitative estimate of drug-likeness (QED) is 0.306. The minimum Gasteiger partial charge on any atom is -0.454 e. The lowest BCUT2D eigenvalue weighted by atomic mass is 10.1. The molecule has 0 unspecified atom stereocenters. The monoisotopic (exact) mass is 535 g/mol. The largest absolute Gasteiger partial charge is 0.454 e. The number of ether oxygens (including phenoxy) is 4. The Bertz CT molecular complexity index is 868. The van der Waals surface area contributed by atoms with Crippen molar-refractivity contribution in [3.05, 3.63) is 53.1 Å². The molecule has 0 fully saturated rings. The molecule has 164 valence electrons. The lowest BCUT2D eigenvalue weighted by molar-refractivity contribution is -0.0505. The van der Waals surface area contributed by atoms with E-state index in [1.54, 1.807) is 20.2 Å². The van der Waals surface area contributed by atoms with Gasteiger partial charge in [-0.1, -0.05) is 24.3 Å². The standard InChI is InChI=1S/C20H23F2N3O4.HI/c1-23-20(24-9-13-5-3-4-6-14(13)11-26-2)25-10-15-7-17-18(28-12-27-17)8-16(15)29-19(21)22;/h3-8,19H,9-12H2,1-2H3,(H2,23,24,25);1H. The highest BCUT2D eigenvalue weighted by molar-refractivity contribution is 14.0. The van der Waals surface area contributed by atoms with Crippen molar-refractivity contribution in [2.45, 2.75) is 26.3 Å². The van der Waals surface area contributed by atoms with Crippen LogP contribution in [0.2, 0.25) is 0 Å². The van der Waals surface area contributed by atoms with Gasteiger partial charge in [-0.25, -0.2) is 0 Å². The van der Waals surface area contributed by atoms with Gasteiger partial charge in [-0.2, -0.15) is 8.78 Å². The molecule has 0 saturated carbocycles.